The van der Waals surface area contributed by atoms with Crippen LogP contribution < -0.4 is 0 Å². The molecule has 172 valence electrons. The second kappa shape index (κ2) is 8.86. The number of rotatable bonds is 5. The minimum absolute atomic E-state index is 0.0248. The van der Waals surface area contributed by atoms with Crippen molar-refractivity contribution in [3.05, 3.63) is 51.4 Å². The van der Waals surface area contributed by atoms with E-state index in [1.54, 1.807) is 13.8 Å². The van der Waals surface area contributed by atoms with Gasteiger partial charge in [-0.1, -0.05) is 35.3 Å². The summed E-state index contributed by atoms with van der Waals surface area (Å²) in [5, 5.41) is 3.60. The number of nitrogens with zero attached hydrogens (tertiary/aromatic N) is 2. The molecule has 0 amide bonds. The van der Waals surface area contributed by atoms with Gasteiger partial charge < -0.3 is 9.57 Å². The van der Waals surface area contributed by atoms with Crippen LogP contribution in [0.2, 0.25) is 10.0 Å². The van der Waals surface area contributed by atoms with E-state index in [2.05, 4.69) is 10.1 Å². The third kappa shape index (κ3) is 4.28. The number of pyridine rings is 1. The van der Waals surface area contributed by atoms with Crippen LogP contribution in [0.5, 0.6) is 0 Å². The number of aromatic nitrogens is 1. The van der Waals surface area contributed by atoms with E-state index in [-0.39, 0.29) is 39.2 Å². The highest BCUT2D eigenvalue weighted by Crippen LogP contribution is 2.40. The van der Waals surface area contributed by atoms with Gasteiger partial charge in [-0.05, 0) is 38.5 Å². The first kappa shape index (κ1) is 24.3. The Labute approximate surface area is 191 Å². The highest BCUT2D eigenvalue weighted by atomic mass is 35.5. The van der Waals surface area contributed by atoms with Crippen molar-refractivity contribution >= 4 is 34.9 Å². The van der Waals surface area contributed by atoms with E-state index in [4.69, 9.17) is 32.8 Å². The Morgan fingerprint density at radius 1 is 1.19 bits per heavy atom. The molecule has 0 radical (unpaired) electrons. The summed E-state index contributed by atoms with van der Waals surface area (Å²) in [5.74, 6) is -2.03. The molecule has 2 heterocycles. The summed E-state index contributed by atoms with van der Waals surface area (Å²) in [4.78, 5) is 21.6. The van der Waals surface area contributed by atoms with E-state index >= 15 is 0 Å². The van der Waals surface area contributed by atoms with Crippen LogP contribution in [-0.4, -0.2) is 28.9 Å². The van der Waals surface area contributed by atoms with Gasteiger partial charge in [-0.3, -0.25) is 4.98 Å². The minimum Gasteiger partial charge on any atom is -0.463 e. The molecule has 0 spiro atoms. The first-order chi connectivity index (χ1) is 14.9. The Balaban J connectivity index is 2.08. The van der Waals surface area contributed by atoms with Gasteiger partial charge >= 0.3 is 12.1 Å². The lowest BCUT2D eigenvalue weighted by Gasteiger charge is -2.26. The summed E-state index contributed by atoms with van der Waals surface area (Å²) in [5.41, 5.74) is -2.34. The fourth-order valence-electron chi connectivity index (χ4n) is 3.52. The van der Waals surface area contributed by atoms with E-state index in [1.807, 2.05) is 0 Å². The second-order valence-electron chi connectivity index (χ2n) is 7.22. The Morgan fingerprint density at radius 3 is 2.44 bits per heavy atom. The Hall–Kier alpha value is -2.39. The van der Waals surface area contributed by atoms with E-state index in [9.17, 15) is 22.4 Å². The SMILES string of the molecule is CCOC(=O)C1(C)ON=C(c2cc(-c3ncc(C(F)(F)F)cc3Cl)c(F)cc2Cl)C1CC. The molecule has 2 unspecified atom stereocenters. The molecule has 0 bridgehead atoms. The molecule has 0 aliphatic carbocycles. The lowest BCUT2D eigenvalue weighted by molar-refractivity contribution is -0.171. The monoisotopic (exact) mass is 492 g/mol. The lowest BCUT2D eigenvalue weighted by atomic mass is 9.81. The van der Waals surface area contributed by atoms with Gasteiger partial charge in [-0.15, -0.1) is 0 Å². The van der Waals surface area contributed by atoms with Crippen LogP contribution in [0.4, 0.5) is 17.6 Å². The van der Waals surface area contributed by atoms with Crippen LogP contribution >= 0.6 is 23.2 Å². The predicted octanol–water partition coefficient (Wildman–Crippen LogP) is 6.30. The van der Waals surface area contributed by atoms with Crippen LogP contribution in [0.3, 0.4) is 0 Å². The van der Waals surface area contributed by atoms with Crippen molar-refractivity contribution in [1.82, 2.24) is 4.98 Å². The molecule has 3 rings (SSSR count). The number of carbonyl (C=O) groups is 1. The molecule has 2 aromatic rings. The highest BCUT2D eigenvalue weighted by Gasteiger charge is 2.52. The maximum absolute atomic E-state index is 14.7. The van der Waals surface area contributed by atoms with Crippen LogP contribution in [0.1, 0.15) is 38.3 Å². The number of esters is 1. The van der Waals surface area contributed by atoms with Crippen LogP contribution in [0.25, 0.3) is 11.3 Å². The first-order valence-corrected chi connectivity index (χ1v) is 10.3. The fraction of sp³-hybridized carbons (Fsp3) is 0.381. The van der Waals surface area contributed by atoms with Crippen molar-refractivity contribution in [2.45, 2.75) is 39.0 Å². The number of oxime groups is 1. The van der Waals surface area contributed by atoms with E-state index in [0.29, 0.717) is 18.7 Å². The fourth-order valence-corrected chi connectivity index (χ4v) is 4.04. The number of carbonyl (C=O) groups excluding carboxylic acids is 1. The van der Waals surface area contributed by atoms with Gasteiger partial charge in [0.2, 0.25) is 5.60 Å². The second-order valence-corrected chi connectivity index (χ2v) is 8.03. The summed E-state index contributed by atoms with van der Waals surface area (Å²) in [7, 11) is 0. The van der Waals surface area contributed by atoms with Gasteiger partial charge in [-0.2, -0.15) is 13.2 Å². The third-order valence-electron chi connectivity index (χ3n) is 5.17. The third-order valence-corrected chi connectivity index (χ3v) is 5.77. The van der Waals surface area contributed by atoms with Gasteiger partial charge in [-0.25, -0.2) is 9.18 Å². The van der Waals surface area contributed by atoms with E-state index in [0.717, 1.165) is 6.07 Å². The number of benzene rings is 1. The molecule has 1 aromatic heterocycles. The maximum atomic E-state index is 14.7. The minimum atomic E-state index is -4.65. The summed E-state index contributed by atoms with van der Waals surface area (Å²) >= 11 is 12.2. The average molecular weight is 493 g/mol. The van der Waals surface area contributed by atoms with Crippen LogP contribution in [0, 0.1) is 11.7 Å². The maximum Gasteiger partial charge on any atom is 0.417 e. The zero-order valence-corrected chi connectivity index (χ0v) is 18.7. The molecule has 0 N–H and O–H groups in total. The standard InChI is InChI=1S/C21H18Cl2F4N2O3/c1-4-13-17(29-32-20(13,3)19(30)31-5-2)11-7-12(16(24)8-14(11)22)18-15(23)6-10(9-28-18)21(25,26)27/h6-9,13H,4-5H2,1-3H3. The molecule has 5 nitrogen and oxygen atoms in total. The zero-order valence-electron chi connectivity index (χ0n) is 17.2. The van der Waals surface area contributed by atoms with Gasteiger partial charge in [0.05, 0.1) is 39.5 Å². The molecule has 2 atom stereocenters. The number of halogens is 6. The zero-order chi connectivity index (χ0) is 23.8. The first-order valence-electron chi connectivity index (χ1n) is 9.59. The van der Waals surface area contributed by atoms with Crippen molar-refractivity contribution in [3.63, 3.8) is 0 Å². The number of alkyl halides is 3. The molecule has 1 aromatic carbocycles. The van der Waals surface area contributed by atoms with Crippen molar-refractivity contribution in [2.24, 2.45) is 11.1 Å². The quantitative estimate of drug-likeness (QED) is 0.363. The van der Waals surface area contributed by atoms with Gasteiger partial charge in [0.25, 0.3) is 0 Å². The van der Waals surface area contributed by atoms with Gasteiger partial charge in [0, 0.05) is 17.3 Å². The Bertz CT molecular complexity index is 1090. The normalized spacial score (nSPS) is 20.7. The number of hydrogen-bond acceptors (Lipinski definition) is 5. The lowest BCUT2D eigenvalue weighted by Crippen LogP contribution is -2.45. The molecule has 1 aliphatic rings. The average Bonchev–Trinajstić information content (AvgIpc) is 3.05. The largest absolute Gasteiger partial charge is 0.463 e. The van der Waals surface area contributed by atoms with E-state index < -0.39 is 35.0 Å². The van der Waals surface area contributed by atoms with Crippen molar-refractivity contribution in [2.75, 3.05) is 6.61 Å². The summed E-state index contributed by atoms with van der Waals surface area (Å²) in [6.45, 7) is 5.13. The molecule has 0 fully saturated rings. The molecule has 0 saturated carbocycles. The highest BCUT2D eigenvalue weighted by molar-refractivity contribution is 6.35. The molecule has 0 saturated heterocycles. The summed E-state index contributed by atoms with van der Waals surface area (Å²) in [6, 6.07) is 2.93. The molecular weight excluding hydrogens is 475 g/mol. The Kier molecular flexibility index (Phi) is 6.72. The van der Waals surface area contributed by atoms with Crippen molar-refractivity contribution in [3.8, 4) is 11.3 Å². The molecule has 11 heteroatoms. The summed E-state index contributed by atoms with van der Waals surface area (Å²) in [6.07, 6.45) is -3.67. The smallest absolute Gasteiger partial charge is 0.417 e. The Morgan fingerprint density at radius 2 is 1.88 bits per heavy atom. The predicted molar refractivity (Wildman–Crippen MR) is 111 cm³/mol. The van der Waals surface area contributed by atoms with Crippen molar-refractivity contribution in [1.29, 1.82) is 0 Å². The van der Waals surface area contributed by atoms with Crippen LogP contribution in [-0.2, 0) is 20.5 Å². The summed E-state index contributed by atoms with van der Waals surface area (Å²) < 4.78 is 58.6. The number of hydrogen-bond donors (Lipinski definition) is 0. The van der Waals surface area contributed by atoms with Gasteiger partial charge in [0.15, 0.2) is 0 Å². The van der Waals surface area contributed by atoms with Crippen LogP contribution in [0.15, 0.2) is 29.6 Å². The molecule has 1 aliphatic heterocycles. The van der Waals surface area contributed by atoms with Gasteiger partial charge in [0.1, 0.15) is 5.82 Å². The molecular formula is C21H18Cl2F4N2O3. The van der Waals surface area contributed by atoms with Crippen molar-refractivity contribution < 1.29 is 31.9 Å². The number of ether oxygens (including phenoxy) is 1. The topological polar surface area (TPSA) is 60.8 Å². The molecule has 32 heavy (non-hydrogen) atoms. The van der Waals surface area contributed by atoms with E-state index in [1.165, 1.54) is 13.0 Å².